The van der Waals surface area contributed by atoms with Gasteiger partial charge in [0.05, 0.1) is 0 Å². The molecule has 0 unspecified atom stereocenters. The highest BCUT2D eigenvalue weighted by atomic mass is 35.5. The van der Waals surface area contributed by atoms with Crippen LogP contribution in [0.15, 0.2) is 18.2 Å². The van der Waals surface area contributed by atoms with Gasteiger partial charge in [0.2, 0.25) is 5.91 Å². The lowest BCUT2D eigenvalue weighted by atomic mass is 9.92. The van der Waals surface area contributed by atoms with Crippen molar-refractivity contribution in [3.05, 3.63) is 29.3 Å². The Morgan fingerprint density at radius 2 is 1.50 bits per heavy atom. The maximum Gasteiger partial charge on any atom is 0.242 e. The molecule has 0 spiro atoms. The van der Waals surface area contributed by atoms with E-state index in [2.05, 4.69) is 45.1 Å². The van der Waals surface area contributed by atoms with E-state index < -0.39 is 5.38 Å². The molecule has 0 fully saturated rings. The lowest BCUT2D eigenvalue weighted by Crippen LogP contribution is -2.22. The maximum absolute atomic E-state index is 11.8. The van der Waals surface area contributed by atoms with E-state index in [1.165, 1.54) is 0 Å². The van der Waals surface area contributed by atoms with Crippen LogP contribution in [0.1, 0.15) is 57.6 Å². The Morgan fingerprint density at radius 3 is 1.83 bits per heavy atom. The zero-order chi connectivity index (χ0) is 13.9. The summed E-state index contributed by atoms with van der Waals surface area (Å²) in [5, 5.41) is 2.45. The first-order valence-electron chi connectivity index (χ1n) is 6.42. The van der Waals surface area contributed by atoms with Gasteiger partial charge in [0.25, 0.3) is 0 Å². The van der Waals surface area contributed by atoms with E-state index in [9.17, 15) is 4.79 Å². The minimum absolute atomic E-state index is 0.147. The van der Waals surface area contributed by atoms with Crippen LogP contribution in [-0.4, -0.2) is 11.3 Å². The number of carbonyl (C=O) groups excluding carboxylic acids is 1. The van der Waals surface area contributed by atoms with Gasteiger partial charge in [-0.05, 0) is 29.9 Å². The molecule has 3 heteroatoms. The lowest BCUT2D eigenvalue weighted by molar-refractivity contribution is -0.115. The summed E-state index contributed by atoms with van der Waals surface area (Å²) in [6.07, 6.45) is 0. The molecule has 1 rings (SSSR count). The van der Waals surface area contributed by atoms with Crippen molar-refractivity contribution < 1.29 is 4.79 Å². The number of hydrogen-bond donors (Lipinski definition) is 1. The van der Waals surface area contributed by atoms with Crippen LogP contribution in [0.25, 0.3) is 0 Å². The average Bonchev–Trinajstić information content (AvgIpc) is 2.28. The molecular weight excluding hydrogens is 246 g/mol. The zero-order valence-corrected chi connectivity index (χ0v) is 12.5. The second-order valence-corrected chi connectivity index (χ2v) is 5.88. The molecule has 0 heterocycles. The van der Waals surface area contributed by atoms with Crippen LogP contribution < -0.4 is 5.32 Å². The highest BCUT2D eigenvalue weighted by Crippen LogP contribution is 2.32. The topological polar surface area (TPSA) is 29.1 Å². The van der Waals surface area contributed by atoms with E-state index in [0.29, 0.717) is 11.8 Å². The Bertz CT molecular complexity index is 398. The Balaban J connectivity index is 3.23. The number of carbonyl (C=O) groups is 1. The molecule has 18 heavy (non-hydrogen) atoms. The van der Waals surface area contributed by atoms with Crippen LogP contribution >= 0.6 is 11.6 Å². The molecular formula is C15H22ClNO. The molecule has 0 aliphatic heterocycles. The van der Waals surface area contributed by atoms with Crippen LogP contribution in [0.5, 0.6) is 0 Å². The van der Waals surface area contributed by atoms with Gasteiger partial charge in [-0.2, -0.15) is 0 Å². The van der Waals surface area contributed by atoms with Crippen molar-refractivity contribution in [2.45, 2.75) is 51.8 Å². The van der Waals surface area contributed by atoms with Crippen LogP contribution in [0.3, 0.4) is 0 Å². The quantitative estimate of drug-likeness (QED) is 0.800. The highest BCUT2D eigenvalue weighted by Gasteiger charge is 2.17. The molecule has 100 valence electrons. The molecule has 0 aliphatic rings. The third-order valence-corrected chi connectivity index (χ3v) is 3.18. The van der Waals surface area contributed by atoms with Crippen molar-refractivity contribution in [1.82, 2.24) is 0 Å². The minimum atomic E-state index is -0.523. The average molecular weight is 268 g/mol. The summed E-state index contributed by atoms with van der Waals surface area (Å²) in [7, 11) is 0. The molecule has 0 saturated heterocycles. The number of amides is 1. The number of nitrogens with one attached hydrogen (secondary N) is 1. The summed E-state index contributed by atoms with van der Waals surface area (Å²) in [4.78, 5) is 11.8. The fourth-order valence-corrected chi connectivity index (χ4v) is 1.97. The van der Waals surface area contributed by atoms with Crippen molar-refractivity contribution in [1.29, 1.82) is 0 Å². The first kappa shape index (κ1) is 15.0. The van der Waals surface area contributed by atoms with Gasteiger partial charge in [-0.1, -0.05) is 45.9 Å². The van der Waals surface area contributed by atoms with Gasteiger partial charge >= 0.3 is 0 Å². The summed E-state index contributed by atoms with van der Waals surface area (Å²) in [5.41, 5.74) is 3.25. The lowest BCUT2D eigenvalue weighted by Gasteiger charge is -2.20. The van der Waals surface area contributed by atoms with Gasteiger partial charge in [0.15, 0.2) is 0 Å². The van der Waals surface area contributed by atoms with Crippen molar-refractivity contribution in [3.8, 4) is 0 Å². The summed E-state index contributed by atoms with van der Waals surface area (Å²) in [5.74, 6) is 0.584. The normalized spacial score (nSPS) is 12.9. The van der Waals surface area contributed by atoms with Gasteiger partial charge in [0, 0.05) is 5.69 Å². The number of anilines is 1. The fourth-order valence-electron chi connectivity index (χ4n) is 1.92. The van der Waals surface area contributed by atoms with Gasteiger partial charge in [-0.3, -0.25) is 4.79 Å². The predicted octanol–water partition coefficient (Wildman–Crippen LogP) is 4.50. The zero-order valence-electron chi connectivity index (χ0n) is 11.8. The highest BCUT2D eigenvalue weighted by molar-refractivity contribution is 6.32. The van der Waals surface area contributed by atoms with E-state index in [0.717, 1.165) is 16.8 Å². The Morgan fingerprint density at radius 1 is 1.06 bits per heavy atom. The SMILES string of the molecule is CC(C)c1cccc(C(C)C)c1NC(=O)[C@@H](C)Cl. The second-order valence-electron chi connectivity index (χ2n) is 5.23. The van der Waals surface area contributed by atoms with E-state index in [-0.39, 0.29) is 5.91 Å². The predicted molar refractivity (Wildman–Crippen MR) is 78.6 cm³/mol. The number of rotatable bonds is 4. The number of alkyl halides is 1. The Hall–Kier alpha value is -1.02. The molecule has 1 N–H and O–H groups in total. The molecule has 1 aromatic rings. The monoisotopic (exact) mass is 267 g/mol. The first-order chi connectivity index (χ1) is 8.34. The second kappa shape index (κ2) is 6.24. The van der Waals surface area contributed by atoms with E-state index >= 15 is 0 Å². The van der Waals surface area contributed by atoms with Gasteiger partial charge in [0.1, 0.15) is 5.38 Å². The Labute approximate surface area is 115 Å². The van der Waals surface area contributed by atoms with Gasteiger partial charge < -0.3 is 5.32 Å². The molecule has 0 bridgehead atoms. The summed E-state index contributed by atoms with van der Waals surface area (Å²) in [6.45, 7) is 10.2. The molecule has 0 radical (unpaired) electrons. The molecule has 0 aromatic heterocycles. The third kappa shape index (κ3) is 3.49. The number of halogens is 1. The molecule has 2 nitrogen and oxygen atoms in total. The summed E-state index contributed by atoms with van der Waals surface area (Å²) >= 11 is 5.83. The molecule has 1 atom stereocenters. The van der Waals surface area contributed by atoms with Gasteiger partial charge in [-0.15, -0.1) is 11.6 Å². The molecule has 1 amide bonds. The summed E-state index contributed by atoms with van der Waals surface area (Å²) in [6, 6.07) is 6.17. The van der Waals surface area contributed by atoms with Crippen molar-refractivity contribution in [2.75, 3.05) is 5.32 Å². The van der Waals surface area contributed by atoms with E-state index in [1.54, 1.807) is 6.92 Å². The number of hydrogen-bond acceptors (Lipinski definition) is 1. The van der Waals surface area contributed by atoms with Crippen molar-refractivity contribution in [3.63, 3.8) is 0 Å². The third-order valence-electron chi connectivity index (χ3n) is 2.98. The van der Waals surface area contributed by atoms with Crippen LogP contribution in [0.2, 0.25) is 0 Å². The van der Waals surface area contributed by atoms with E-state index in [1.807, 2.05) is 6.07 Å². The van der Waals surface area contributed by atoms with Crippen LogP contribution in [-0.2, 0) is 4.79 Å². The summed E-state index contributed by atoms with van der Waals surface area (Å²) < 4.78 is 0. The molecule has 1 aromatic carbocycles. The molecule has 0 aliphatic carbocycles. The molecule has 0 saturated carbocycles. The smallest absolute Gasteiger partial charge is 0.242 e. The van der Waals surface area contributed by atoms with Gasteiger partial charge in [-0.25, -0.2) is 0 Å². The van der Waals surface area contributed by atoms with Crippen molar-refractivity contribution in [2.24, 2.45) is 0 Å². The fraction of sp³-hybridized carbons (Fsp3) is 0.533. The van der Waals surface area contributed by atoms with Crippen LogP contribution in [0.4, 0.5) is 5.69 Å². The minimum Gasteiger partial charge on any atom is -0.324 e. The van der Waals surface area contributed by atoms with E-state index in [4.69, 9.17) is 11.6 Å². The largest absolute Gasteiger partial charge is 0.324 e. The maximum atomic E-state index is 11.8. The Kier molecular flexibility index (Phi) is 5.21. The number of para-hydroxylation sites is 1. The standard InChI is InChI=1S/C15H22ClNO/c1-9(2)12-7-6-8-13(10(3)4)14(12)17-15(18)11(5)16/h6-11H,1-5H3,(H,17,18)/t11-/m1/s1. The van der Waals surface area contributed by atoms with Crippen LogP contribution in [0, 0.1) is 0 Å². The van der Waals surface area contributed by atoms with Crippen molar-refractivity contribution >= 4 is 23.2 Å². The number of benzene rings is 1. The first-order valence-corrected chi connectivity index (χ1v) is 6.86.